The second-order valence-corrected chi connectivity index (χ2v) is 7.41. The molecule has 1 unspecified atom stereocenters. The highest BCUT2D eigenvalue weighted by atomic mass is 19.1. The van der Waals surface area contributed by atoms with Crippen LogP contribution in [0.5, 0.6) is 5.88 Å². The van der Waals surface area contributed by atoms with Gasteiger partial charge in [0.2, 0.25) is 17.7 Å². The van der Waals surface area contributed by atoms with Gasteiger partial charge in [-0.3, -0.25) is 4.79 Å². The van der Waals surface area contributed by atoms with Crippen molar-refractivity contribution in [3.05, 3.63) is 47.9 Å². The van der Waals surface area contributed by atoms with Crippen molar-refractivity contribution in [3.63, 3.8) is 0 Å². The first-order chi connectivity index (χ1) is 15.0. The minimum Gasteiger partial charge on any atom is -0.479 e. The predicted molar refractivity (Wildman–Crippen MR) is 109 cm³/mol. The first kappa shape index (κ1) is 20.7. The van der Waals surface area contributed by atoms with E-state index in [1.54, 1.807) is 11.2 Å². The number of carbonyl (C=O) groups is 2. The zero-order valence-electron chi connectivity index (χ0n) is 16.7. The fourth-order valence-electron chi connectivity index (χ4n) is 3.82. The number of amides is 1. The lowest BCUT2D eigenvalue weighted by molar-refractivity contribution is -0.139. The van der Waals surface area contributed by atoms with Crippen LogP contribution in [0.2, 0.25) is 0 Å². The van der Waals surface area contributed by atoms with Crippen molar-refractivity contribution in [1.29, 1.82) is 0 Å². The smallest absolute Gasteiger partial charge is 0.341 e. The largest absolute Gasteiger partial charge is 0.479 e. The quantitative estimate of drug-likeness (QED) is 0.753. The van der Waals surface area contributed by atoms with Crippen molar-refractivity contribution in [1.82, 2.24) is 15.0 Å². The molecule has 1 N–H and O–H groups in total. The number of aliphatic carboxylic acids is 1. The Bertz CT molecular complexity index is 979. The van der Waals surface area contributed by atoms with Crippen molar-refractivity contribution in [2.75, 3.05) is 24.6 Å². The number of piperidine rings is 1. The molecule has 0 radical (unpaired) electrons. The number of aromatic nitrogens is 2. The van der Waals surface area contributed by atoms with E-state index in [0.717, 1.165) is 11.8 Å². The van der Waals surface area contributed by atoms with Gasteiger partial charge in [-0.2, -0.15) is 14.5 Å². The lowest BCUT2D eigenvalue weighted by Gasteiger charge is -2.33. The number of rotatable bonds is 6. The van der Waals surface area contributed by atoms with Gasteiger partial charge in [-0.1, -0.05) is 30.3 Å². The minimum atomic E-state index is -1.22. The van der Waals surface area contributed by atoms with E-state index in [9.17, 15) is 14.0 Å². The van der Waals surface area contributed by atoms with Crippen molar-refractivity contribution in [3.8, 4) is 5.88 Å². The van der Waals surface area contributed by atoms with E-state index in [0.29, 0.717) is 32.4 Å². The number of ether oxygens (including phenoxy) is 1. The molecular weight excluding hydrogens is 405 g/mol. The molecule has 1 fully saturated rings. The highest BCUT2D eigenvalue weighted by Crippen LogP contribution is 2.32. The summed E-state index contributed by atoms with van der Waals surface area (Å²) in [5.41, 5.74) is 1.05. The van der Waals surface area contributed by atoms with E-state index >= 15 is 0 Å². The summed E-state index contributed by atoms with van der Waals surface area (Å²) in [5, 5.41) is 14.6. The second-order valence-electron chi connectivity index (χ2n) is 7.41. The molecule has 31 heavy (non-hydrogen) atoms. The van der Waals surface area contributed by atoms with Gasteiger partial charge in [-0.05, 0) is 18.4 Å². The van der Waals surface area contributed by atoms with Crippen LogP contribution in [-0.2, 0) is 9.59 Å². The summed E-state index contributed by atoms with van der Waals surface area (Å²) in [6, 6.07) is 9.76. The van der Waals surface area contributed by atoms with Gasteiger partial charge in [0.05, 0.1) is 12.2 Å². The van der Waals surface area contributed by atoms with Crippen LogP contribution in [0.15, 0.2) is 41.6 Å². The van der Waals surface area contributed by atoms with Crippen molar-refractivity contribution in [2.45, 2.75) is 25.3 Å². The highest BCUT2D eigenvalue weighted by Gasteiger charge is 2.35. The molecule has 2 aromatic rings. The van der Waals surface area contributed by atoms with Crippen LogP contribution in [0.1, 0.15) is 30.9 Å². The van der Waals surface area contributed by atoms with Crippen molar-refractivity contribution >= 4 is 24.0 Å². The Labute approximate surface area is 178 Å². The molecule has 1 atom stereocenters. The average molecular weight is 427 g/mol. The van der Waals surface area contributed by atoms with Crippen molar-refractivity contribution in [2.24, 2.45) is 11.0 Å². The molecule has 0 aliphatic carbocycles. The molecule has 0 saturated carbocycles. The standard InChI is InChI=1S/C21H22FN5O4/c22-16-12-23-21(25-19(16)31-13-18(28)29)26-10-7-15(8-11-26)20(30)27-17(6-9-24-27)14-4-2-1-3-5-14/h1-5,9,12,15,17H,6-8,10-11,13H2,(H,28,29). The predicted octanol–water partition coefficient (Wildman–Crippen LogP) is 2.25. The monoisotopic (exact) mass is 427 g/mol. The zero-order valence-corrected chi connectivity index (χ0v) is 16.7. The lowest BCUT2D eigenvalue weighted by Crippen LogP contribution is -2.41. The van der Waals surface area contributed by atoms with E-state index in [1.807, 2.05) is 35.2 Å². The molecule has 1 aromatic carbocycles. The fourth-order valence-corrected chi connectivity index (χ4v) is 3.82. The van der Waals surface area contributed by atoms with Gasteiger partial charge in [0, 0.05) is 31.6 Å². The van der Waals surface area contributed by atoms with Crippen LogP contribution in [-0.4, -0.2) is 57.9 Å². The number of halogens is 1. The van der Waals surface area contributed by atoms with E-state index in [-0.39, 0.29) is 23.8 Å². The number of carbonyl (C=O) groups excluding carboxylic acids is 1. The third-order valence-corrected chi connectivity index (χ3v) is 5.40. The molecule has 0 spiro atoms. The summed E-state index contributed by atoms with van der Waals surface area (Å²) in [6.07, 6.45) is 4.59. The fraction of sp³-hybridized carbons (Fsp3) is 0.381. The van der Waals surface area contributed by atoms with E-state index in [2.05, 4.69) is 15.1 Å². The Morgan fingerprint density at radius 3 is 2.65 bits per heavy atom. The molecule has 0 bridgehead atoms. The topological polar surface area (TPSA) is 108 Å². The van der Waals surface area contributed by atoms with Gasteiger partial charge in [0.1, 0.15) is 0 Å². The lowest BCUT2D eigenvalue weighted by atomic mass is 9.94. The summed E-state index contributed by atoms with van der Waals surface area (Å²) >= 11 is 0. The summed E-state index contributed by atoms with van der Waals surface area (Å²) in [7, 11) is 0. The molecule has 1 saturated heterocycles. The number of hydrogen-bond acceptors (Lipinski definition) is 7. The van der Waals surface area contributed by atoms with Crippen LogP contribution in [0.4, 0.5) is 10.3 Å². The van der Waals surface area contributed by atoms with Crippen LogP contribution < -0.4 is 9.64 Å². The van der Waals surface area contributed by atoms with Gasteiger partial charge < -0.3 is 14.7 Å². The Morgan fingerprint density at radius 2 is 1.94 bits per heavy atom. The first-order valence-corrected chi connectivity index (χ1v) is 10.1. The van der Waals surface area contributed by atoms with Crippen molar-refractivity contribution < 1.29 is 23.8 Å². The Balaban J connectivity index is 1.38. The number of anilines is 1. The molecular formula is C21H22FN5O4. The number of benzene rings is 1. The summed E-state index contributed by atoms with van der Waals surface area (Å²) < 4.78 is 18.7. The maximum Gasteiger partial charge on any atom is 0.341 e. The maximum absolute atomic E-state index is 13.8. The Morgan fingerprint density at radius 1 is 1.19 bits per heavy atom. The van der Waals surface area contributed by atoms with E-state index in [4.69, 9.17) is 9.84 Å². The Kier molecular flexibility index (Phi) is 6.06. The number of hydrogen-bond donors (Lipinski definition) is 1. The summed E-state index contributed by atoms with van der Waals surface area (Å²) in [6.45, 7) is 0.324. The average Bonchev–Trinajstić information content (AvgIpc) is 3.29. The zero-order chi connectivity index (χ0) is 21.8. The number of carboxylic acids is 1. The van der Waals surface area contributed by atoms with Gasteiger partial charge in [-0.25, -0.2) is 14.8 Å². The molecule has 10 heteroatoms. The minimum absolute atomic E-state index is 0.00671. The summed E-state index contributed by atoms with van der Waals surface area (Å²) in [4.78, 5) is 33.6. The molecule has 1 aromatic heterocycles. The van der Waals surface area contributed by atoms with Crippen LogP contribution in [0.3, 0.4) is 0 Å². The first-order valence-electron chi connectivity index (χ1n) is 10.1. The SMILES string of the molecule is O=C(O)COc1nc(N2CCC(C(=O)N3N=CCC3c3ccccc3)CC2)ncc1F. The van der Waals surface area contributed by atoms with Gasteiger partial charge in [0.15, 0.2) is 6.61 Å². The van der Waals surface area contributed by atoms with Gasteiger partial charge in [0.25, 0.3) is 5.88 Å². The number of nitrogens with zero attached hydrogens (tertiary/aromatic N) is 5. The molecule has 1 amide bonds. The van der Waals surface area contributed by atoms with Gasteiger partial charge >= 0.3 is 5.97 Å². The highest BCUT2D eigenvalue weighted by molar-refractivity contribution is 5.82. The second kappa shape index (κ2) is 9.07. The van der Waals surface area contributed by atoms with Crippen LogP contribution >= 0.6 is 0 Å². The summed E-state index contributed by atoms with van der Waals surface area (Å²) in [5.74, 6) is -2.39. The van der Waals surface area contributed by atoms with Gasteiger partial charge in [-0.15, -0.1) is 0 Å². The van der Waals surface area contributed by atoms with E-state index < -0.39 is 24.3 Å². The van der Waals surface area contributed by atoms with E-state index in [1.165, 1.54) is 0 Å². The molecule has 3 heterocycles. The molecule has 9 nitrogen and oxygen atoms in total. The maximum atomic E-state index is 13.8. The van der Waals surface area contributed by atoms with Crippen LogP contribution in [0.25, 0.3) is 0 Å². The number of carboxylic acid groups (broad SMARTS) is 1. The molecule has 2 aliphatic rings. The third kappa shape index (κ3) is 4.62. The molecule has 4 rings (SSSR count). The molecule has 162 valence electrons. The number of hydrazone groups is 1. The normalized spacial score (nSPS) is 18.9. The third-order valence-electron chi connectivity index (χ3n) is 5.40. The van der Waals surface area contributed by atoms with Crippen LogP contribution in [0, 0.1) is 11.7 Å². The molecule has 2 aliphatic heterocycles. The Hall–Kier alpha value is -3.56.